The van der Waals surface area contributed by atoms with E-state index in [0.29, 0.717) is 23.5 Å². The van der Waals surface area contributed by atoms with Gasteiger partial charge in [0, 0.05) is 12.7 Å². The molecule has 0 fully saturated rings. The molecule has 0 radical (unpaired) electrons. The molecule has 2 rings (SSSR count). The van der Waals surface area contributed by atoms with Crippen LogP contribution in [-0.4, -0.2) is 12.1 Å². The molecule has 1 heterocycles. The van der Waals surface area contributed by atoms with Gasteiger partial charge in [-0.15, -0.1) is 0 Å². The lowest BCUT2D eigenvalue weighted by molar-refractivity contribution is 0.413. The van der Waals surface area contributed by atoms with Crippen LogP contribution in [0.15, 0.2) is 36.7 Å². The maximum absolute atomic E-state index is 13.4. The zero-order valence-electron chi connectivity index (χ0n) is 10.4. The molecule has 0 saturated heterocycles. The molecule has 5 heteroatoms. The highest BCUT2D eigenvalue weighted by molar-refractivity contribution is 5.47. The average Bonchev–Trinajstić information content (AvgIpc) is 2.46. The Morgan fingerprint density at radius 3 is 2.95 bits per heavy atom. The maximum Gasteiger partial charge on any atom is 0.164 e. The minimum absolute atomic E-state index is 0.379. The summed E-state index contributed by atoms with van der Waals surface area (Å²) in [5.41, 5.74) is 1.70. The molecule has 0 aliphatic carbocycles. The number of hydrogen-bond donors (Lipinski definition) is 1. The second-order valence-corrected chi connectivity index (χ2v) is 3.86. The Bertz CT molecular complexity index is 622. The summed E-state index contributed by atoms with van der Waals surface area (Å²) in [6, 6.07) is 8.88. The molecular formula is C14H12FN3O. The van der Waals surface area contributed by atoms with Crippen molar-refractivity contribution in [3.63, 3.8) is 0 Å². The Labute approximate surface area is 110 Å². The summed E-state index contributed by atoms with van der Waals surface area (Å²) in [6.45, 7) is 0.416. The summed E-state index contributed by atoms with van der Waals surface area (Å²) in [5.74, 6) is 0.123. The number of nitriles is 1. The average molecular weight is 257 g/mol. The summed E-state index contributed by atoms with van der Waals surface area (Å²) in [7, 11) is 1.51. The number of halogens is 1. The summed E-state index contributed by atoms with van der Waals surface area (Å²) < 4.78 is 18.4. The Kier molecular flexibility index (Phi) is 3.94. The number of aromatic nitrogens is 1. The molecule has 2 aromatic rings. The largest absolute Gasteiger partial charge is 0.495 e. The molecule has 1 aromatic carbocycles. The number of ether oxygens (including phenoxy) is 1. The van der Waals surface area contributed by atoms with Crippen LogP contribution in [0.25, 0.3) is 0 Å². The molecule has 19 heavy (non-hydrogen) atoms. The van der Waals surface area contributed by atoms with Crippen molar-refractivity contribution in [3.8, 4) is 11.8 Å². The Hall–Kier alpha value is -2.61. The minimum Gasteiger partial charge on any atom is -0.495 e. The summed E-state index contributed by atoms with van der Waals surface area (Å²) in [5, 5.41) is 11.9. The van der Waals surface area contributed by atoms with Crippen molar-refractivity contribution in [3.05, 3.63) is 53.6 Å². The number of hydrogen-bond acceptors (Lipinski definition) is 4. The first-order valence-electron chi connectivity index (χ1n) is 5.65. The molecular weight excluding hydrogens is 245 g/mol. The van der Waals surface area contributed by atoms with Crippen LogP contribution >= 0.6 is 0 Å². The van der Waals surface area contributed by atoms with Crippen molar-refractivity contribution in [1.29, 1.82) is 5.26 Å². The molecule has 0 saturated carbocycles. The Morgan fingerprint density at radius 2 is 2.26 bits per heavy atom. The fourth-order valence-corrected chi connectivity index (χ4v) is 1.67. The highest BCUT2D eigenvalue weighted by Crippen LogP contribution is 2.20. The number of nitrogens with one attached hydrogen (secondary N) is 1. The fourth-order valence-electron chi connectivity index (χ4n) is 1.67. The van der Waals surface area contributed by atoms with Gasteiger partial charge >= 0.3 is 0 Å². The molecule has 96 valence electrons. The van der Waals surface area contributed by atoms with Crippen LogP contribution in [0.5, 0.6) is 5.75 Å². The van der Waals surface area contributed by atoms with E-state index in [1.165, 1.54) is 13.3 Å². The fraction of sp³-hybridized carbons (Fsp3) is 0.143. The molecule has 1 aromatic heterocycles. The van der Waals surface area contributed by atoms with Crippen LogP contribution in [0.4, 0.5) is 10.1 Å². The summed E-state index contributed by atoms with van der Waals surface area (Å²) in [6.07, 6.45) is 2.66. The normalized spacial score (nSPS) is 9.74. The first-order chi connectivity index (χ1) is 9.24. The lowest BCUT2D eigenvalue weighted by atomic mass is 10.1. The lowest BCUT2D eigenvalue weighted by Crippen LogP contribution is -2.02. The molecule has 0 bridgehead atoms. The monoisotopic (exact) mass is 257 g/mol. The van der Waals surface area contributed by atoms with Crippen LogP contribution in [0.3, 0.4) is 0 Å². The van der Waals surface area contributed by atoms with Gasteiger partial charge in [-0.05, 0) is 23.8 Å². The highest BCUT2D eigenvalue weighted by Gasteiger charge is 2.05. The number of methoxy groups -OCH3 is 1. The summed E-state index contributed by atoms with van der Waals surface area (Å²) >= 11 is 0. The van der Waals surface area contributed by atoms with Crippen molar-refractivity contribution in [2.24, 2.45) is 0 Å². The summed E-state index contributed by atoms with van der Waals surface area (Å²) in [4.78, 5) is 3.68. The van der Waals surface area contributed by atoms with Gasteiger partial charge in [0.1, 0.15) is 11.8 Å². The van der Waals surface area contributed by atoms with Crippen LogP contribution in [0.1, 0.15) is 11.1 Å². The minimum atomic E-state index is -0.406. The number of anilines is 1. The van der Waals surface area contributed by atoms with Crippen molar-refractivity contribution in [1.82, 2.24) is 4.98 Å². The first-order valence-corrected chi connectivity index (χ1v) is 5.65. The zero-order chi connectivity index (χ0) is 13.7. The molecule has 0 aliphatic rings. The number of benzene rings is 1. The predicted molar refractivity (Wildman–Crippen MR) is 69.2 cm³/mol. The van der Waals surface area contributed by atoms with E-state index in [-0.39, 0.29) is 0 Å². The highest BCUT2D eigenvalue weighted by atomic mass is 19.1. The smallest absolute Gasteiger partial charge is 0.164 e. The number of nitrogens with zero attached hydrogens (tertiary/aromatic N) is 2. The molecule has 0 amide bonds. The van der Waals surface area contributed by atoms with E-state index in [1.54, 1.807) is 18.2 Å². The van der Waals surface area contributed by atoms with Crippen molar-refractivity contribution in [2.75, 3.05) is 12.4 Å². The van der Waals surface area contributed by atoms with Crippen LogP contribution in [0.2, 0.25) is 0 Å². The molecule has 0 atom stereocenters. The lowest BCUT2D eigenvalue weighted by Gasteiger charge is -2.09. The van der Waals surface area contributed by atoms with E-state index in [4.69, 9.17) is 10.00 Å². The Balaban J connectivity index is 2.13. The van der Waals surface area contributed by atoms with E-state index in [1.807, 2.05) is 6.07 Å². The van der Waals surface area contributed by atoms with Gasteiger partial charge in [0.05, 0.1) is 24.6 Å². The van der Waals surface area contributed by atoms with E-state index in [0.717, 1.165) is 11.8 Å². The third-order valence-electron chi connectivity index (χ3n) is 2.64. The zero-order valence-corrected chi connectivity index (χ0v) is 10.4. The molecule has 0 spiro atoms. The van der Waals surface area contributed by atoms with Gasteiger partial charge in [-0.3, -0.25) is 4.98 Å². The Morgan fingerprint density at radius 1 is 1.42 bits per heavy atom. The van der Waals surface area contributed by atoms with E-state index >= 15 is 0 Å². The first kappa shape index (κ1) is 12.8. The second kappa shape index (κ2) is 5.83. The van der Waals surface area contributed by atoms with Crippen LogP contribution < -0.4 is 10.1 Å². The van der Waals surface area contributed by atoms with E-state index < -0.39 is 5.82 Å². The van der Waals surface area contributed by atoms with Crippen molar-refractivity contribution >= 4 is 5.69 Å². The van der Waals surface area contributed by atoms with Gasteiger partial charge in [0.2, 0.25) is 0 Å². The molecule has 4 nitrogen and oxygen atoms in total. The second-order valence-electron chi connectivity index (χ2n) is 3.86. The maximum atomic E-state index is 13.4. The van der Waals surface area contributed by atoms with Gasteiger partial charge in [-0.1, -0.05) is 6.07 Å². The van der Waals surface area contributed by atoms with Gasteiger partial charge in [0.25, 0.3) is 0 Å². The SMILES string of the molecule is COc1ccc(CNc2ccncc2F)cc1C#N. The van der Waals surface area contributed by atoms with Gasteiger partial charge in [-0.25, -0.2) is 4.39 Å². The van der Waals surface area contributed by atoms with Gasteiger partial charge in [-0.2, -0.15) is 5.26 Å². The van der Waals surface area contributed by atoms with E-state index in [9.17, 15) is 4.39 Å². The predicted octanol–water partition coefficient (Wildman–Crippen LogP) is 2.71. The van der Waals surface area contributed by atoms with E-state index in [2.05, 4.69) is 16.4 Å². The molecule has 0 unspecified atom stereocenters. The number of pyridine rings is 1. The molecule has 1 N–H and O–H groups in total. The third kappa shape index (κ3) is 2.99. The van der Waals surface area contributed by atoms with Gasteiger partial charge < -0.3 is 10.1 Å². The van der Waals surface area contributed by atoms with Gasteiger partial charge in [0.15, 0.2) is 5.82 Å². The van der Waals surface area contributed by atoms with Crippen molar-refractivity contribution in [2.45, 2.75) is 6.54 Å². The van der Waals surface area contributed by atoms with Crippen LogP contribution in [-0.2, 0) is 6.54 Å². The molecule has 0 aliphatic heterocycles. The third-order valence-corrected chi connectivity index (χ3v) is 2.64. The number of rotatable bonds is 4. The quantitative estimate of drug-likeness (QED) is 0.914. The standard InChI is InChI=1S/C14H12FN3O/c1-19-14-3-2-10(6-11(14)7-16)8-18-13-4-5-17-9-12(13)15/h2-6,9H,8H2,1H3,(H,17,18). The van der Waals surface area contributed by atoms with Crippen molar-refractivity contribution < 1.29 is 9.13 Å². The van der Waals surface area contributed by atoms with Crippen LogP contribution in [0, 0.1) is 17.1 Å². The topological polar surface area (TPSA) is 57.9 Å².